The molecule has 3 amide bonds. The maximum atomic E-state index is 12.9. The van der Waals surface area contributed by atoms with E-state index in [9.17, 15) is 14.4 Å². The number of carbonyl (C=O) groups excluding carboxylic acids is 2. The number of imide groups is 1. The van der Waals surface area contributed by atoms with Crippen molar-refractivity contribution in [2.45, 2.75) is 32.9 Å². The van der Waals surface area contributed by atoms with Crippen LogP contribution < -0.4 is 4.57 Å². The van der Waals surface area contributed by atoms with Crippen molar-refractivity contribution in [3.8, 4) is 0 Å². The van der Waals surface area contributed by atoms with Crippen LogP contribution in [0.15, 0.2) is 4.99 Å². The fourth-order valence-corrected chi connectivity index (χ4v) is 3.42. The average molecular weight is 364 g/mol. The van der Waals surface area contributed by atoms with Gasteiger partial charge in [0.1, 0.15) is 17.9 Å². The molecule has 0 spiro atoms. The van der Waals surface area contributed by atoms with E-state index in [0.717, 1.165) is 22.7 Å². The van der Waals surface area contributed by atoms with E-state index in [-0.39, 0.29) is 0 Å². The van der Waals surface area contributed by atoms with E-state index in [2.05, 4.69) is 4.99 Å². The predicted molar refractivity (Wildman–Crippen MR) is 89.2 cm³/mol. The number of amidine groups is 1. The van der Waals surface area contributed by atoms with Crippen molar-refractivity contribution in [1.29, 1.82) is 0 Å². The third-order valence-corrected chi connectivity index (χ3v) is 4.85. The number of aliphatic carboxylic acids is 1. The molecule has 1 unspecified atom stereocenters. The van der Waals surface area contributed by atoms with Gasteiger partial charge in [-0.1, -0.05) is 4.99 Å². The SMILES string of the molecule is COCCC[n+]1c(C)c(C)n2c1N=C1C2C(=O)N(CC(=O)O)C(=O)N1C. The molecular weight excluding hydrogens is 342 g/mol. The summed E-state index contributed by atoms with van der Waals surface area (Å²) in [7, 11) is 3.14. The Labute approximate surface area is 150 Å². The van der Waals surface area contributed by atoms with E-state index in [0.29, 0.717) is 24.9 Å². The minimum atomic E-state index is -1.24. The summed E-state index contributed by atoms with van der Waals surface area (Å²) < 4.78 is 8.87. The Hall–Kier alpha value is -2.75. The summed E-state index contributed by atoms with van der Waals surface area (Å²) in [6.45, 7) is 4.42. The van der Waals surface area contributed by atoms with Crippen LogP contribution in [0.3, 0.4) is 0 Å². The standard InChI is InChI=1S/C16H21N5O5/c1-9-10(2)21-12-13(17-15(21)19(9)6-5-7-26-4)18(3)16(25)20(14(12)24)8-11(22)23/h12H,5-8H2,1-4H3/p+1. The summed E-state index contributed by atoms with van der Waals surface area (Å²) in [6, 6.07) is -1.51. The van der Waals surface area contributed by atoms with Crippen LogP contribution in [0.2, 0.25) is 0 Å². The molecule has 1 N–H and O–H groups in total. The smallest absolute Gasteiger partial charge is 0.402 e. The van der Waals surface area contributed by atoms with Gasteiger partial charge in [0.25, 0.3) is 5.91 Å². The number of aromatic nitrogens is 2. The Kier molecular flexibility index (Phi) is 4.53. The Morgan fingerprint density at radius 1 is 1.35 bits per heavy atom. The molecule has 26 heavy (non-hydrogen) atoms. The van der Waals surface area contributed by atoms with Crippen LogP contribution in [-0.2, 0) is 20.9 Å². The van der Waals surface area contributed by atoms with Crippen LogP contribution >= 0.6 is 0 Å². The maximum absolute atomic E-state index is 12.9. The quantitative estimate of drug-likeness (QED) is 0.564. The Morgan fingerprint density at radius 3 is 2.65 bits per heavy atom. The highest BCUT2D eigenvalue weighted by atomic mass is 16.5. The Morgan fingerprint density at radius 2 is 2.04 bits per heavy atom. The maximum Gasteiger partial charge on any atom is 0.402 e. The first-order valence-electron chi connectivity index (χ1n) is 8.29. The molecule has 0 saturated carbocycles. The average Bonchev–Trinajstić information content (AvgIpc) is 3.08. The number of urea groups is 1. The number of nitrogens with zero attached hydrogens (tertiary/aromatic N) is 5. The fourth-order valence-electron chi connectivity index (χ4n) is 3.42. The molecule has 10 heteroatoms. The van der Waals surface area contributed by atoms with Gasteiger partial charge >= 0.3 is 17.9 Å². The van der Waals surface area contributed by atoms with Crippen molar-refractivity contribution in [3.63, 3.8) is 0 Å². The molecule has 1 fully saturated rings. The number of imidazole rings is 1. The van der Waals surface area contributed by atoms with Crippen molar-refractivity contribution in [3.05, 3.63) is 11.4 Å². The highest BCUT2D eigenvalue weighted by Crippen LogP contribution is 2.35. The number of aliphatic imine (C=N–C) groups is 1. The number of ether oxygens (including phenoxy) is 1. The van der Waals surface area contributed by atoms with Gasteiger partial charge < -0.3 is 9.84 Å². The van der Waals surface area contributed by atoms with Gasteiger partial charge in [0.2, 0.25) is 11.9 Å². The Bertz CT molecular complexity index is 827. The topological polar surface area (TPSA) is 108 Å². The summed E-state index contributed by atoms with van der Waals surface area (Å²) in [5.41, 5.74) is 1.82. The molecule has 2 aliphatic rings. The largest absolute Gasteiger partial charge is 0.480 e. The Balaban J connectivity index is 2.05. The van der Waals surface area contributed by atoms with Crippen LogP contribution in [0, 0.1) is 13.8 Å². The van der Waals surface area contributed by atoms with Crippen LogP contribution in [0.5, 0.6) is 0 Å². The molecule has 140 valence electrons. The second-order valence-electron chi connectivity index (χ2n) is 6.37. The zero-order valence-electron chi connectivity index (χ0n) is 15.2. The van der Waals surface area contributed by atoms with Crippen molar-refractivity contribution >= 4 is 29.7 Å². The van der Waals surface area contributed by atoms with E-state index in [4.69, 9.17) is 9.84 Å². The summed E-state index contributed by atoms with van der Waals surface area (Å²) in [5.74, 6) is -0.912. The number of methoxy groups -OCH3 is 1. The lowest BCUT2D eigenvalue weighted by Gasteiger charge is -2.32. The number of carboxylic acids is 1. The lowest BCUT2D eigenvalue weighted by Crippen LogP contribution is -2.58. The number of hydrogen-bond donors (Lipinski definition) is 1. The summed E-state index contributed by atoms with van der Waals surface area (Å²) in [4.78, 5) is 42.9. The lowest BCUT2D eigenvalue weighted by atomic mass is 10.1. The molecule has 1 aromatic heterocycles. The predicted octanol–water partition coefficient (Wildman–Crippen LogP) is -0.00776. The van der Waals surface area contributed by atoms with E-state index >= 15 is 0 Å². The van der Waals surface area contributed by atoms with E-state index in [1.54, 1.807) is 11.7 Å². The normalized spacial score (nSPS) is 18.9. The number of rotatable bonds is 6. The van der Waals surface area contributed by atoms with Gasteiger partial charge in [0, 0.05) is 27.2 Å². The summed E-state index contributed by atoms with van der Waals surface area (Å²) in [5, 5.41) is 9.03. The fraction of sp³-hybridized carbons (Fsp3) is 0.562. The van der Waals surface area contributed by atoms with Gasteiger partial charge in [-0.05, 0) is 13.8 Å². The molecule has 10 nitrogen and oxygen atoms in total. The molecule has 0 aliphatic carbocycles. The molecule has 3 rings (SSSR count). The lowest BCUT2D eigenvalue weighted by molar-refractivity contribution is -0.689. The van der Waals surface area contributed by atoms with Gasteiger partial charge in [-0.15, -0.1) is 0 Å². The van der Waals surface area contributed by atoms with Crippen molar-refractivity contribution in [2.24, 2.45) is 4.99 Å². The first kappa shape index (κ1) is 18.1. The minimum Gasteiger partial charge on any atom is -0.480 e. The molecule has 3 heterocycles. The van der Waals surface area contributed by atoms with Crippen LogP contribution in [0.1, 0.15) is 23.9 Å². The number of fused-ring (bicyclic) bond motifs is 3. The summed E-state index contributed by atoms with van der Waals surface area (Å²) in [6.07, 6.45) is 0.780. The monoisotopic (exact) mass is 364 g/mol. The molecule has 0 bridgehead atoms. The molecule has 0 radical (unpaired) electrons. The van der Waals surface area contributed by atoms with Gasteiger partial charge in [0.15, 0.2) is 0 Å². The minimum absolute atomic E-state index is 0.320. The van der Waals surface area contributed by atoms with E-state index < -0.39 is 30.5 Å². The van der Waals surface area contributed by atoms with Crippen LogP contribution in [0.4, 0.5) is 10.7 Å². The molecule has 1 saturated heterocycles. The zero-order valence-corrected chi connectivity index (χ0v) is 15.2. The first-order valence-corrected chi connectivity index (χ1v) is 8.29. The third-order valence-electron chi connectivity index (χ3n) is 4.85. The van der Waals surface area contributed by atoms with Crippen molar-refractivity contribution < 1.29 is 28.8 Å². The van der Waals surface area contributed by atoms with Gasteiger partial charge in [-0.2, -0.15) is 0 Å². The highest BCUT2D eigenvalue weighted by molar-refractivity contribution is 6.21. The number of carbonyl (C=O) groups is 3. The number of carboxylic acid groups (broad SMARTS) is 1. The second-order valence-corrected chi connectivity index (χ2v) is 6.37. The second kappa shape index (κ2) is 6.52. The third kappa shape index (κ3) is 2.57. The number of likely N-dealkylation sites (N-methyl/N-ethyl adjacent to an activating group) is 1. The van der Waals surface area contributed by atoms with Crippen LogP contribution in [0.25, 0.3) is 0 Å². The highest BCUT2D eigenvalue weighted by Gasteiger charge is 2.54. The molecule has 1 atom stereocenters. The van der Waals surface area contributed by atoms with Gasteiger partial charge in [-0.25, -0.2) is 18.8 Å². The van der Waals surface area contributed by atoms with Crippen molar-refractivity contribution in [1.82, 2.24) is 14.4 Å². The molecule has 1 aromatic rings. The van der Waals surface area contributed by atoms with E-state index in [1.807, 2.05) is 18.4 Å². The molecule has 0 aromatic carbocycles. The first-order chi connectivity index (χ1) is 12.3. The number of amides is 3. The van der Waals surface area contributed by atoms with Gasteiger partial charge in [-0.3, -0.25) is 14.5 Å². The summed E-state index contributed by atoms with van der Waals surface area (Å²) >= 11 is 0. The zero-order chi connectivity index (χ0) is 19.2. The van der Waals surface area contributed by atoms with E-state index in [1.165, 1.54) is 11.9 Å². The molecule has 2 aliphatic heterocycles. The number of hydrogen-bond acceptors (Lipinski definition) is 5. The molecular formula is C16H22N5O5+. The van der Waals surface area contributed by atoms with Crippen LogP contribution in [-0.4, -0.2) is 70.5 Å². The van der Waals surface area contributed by atoms with Gasteiger partial charge in [0.05, 0.1) is 6.54 Å². The van der Waals surface area contributed by atoms with Crippen molar-refractivity contribution in [2.75, 3.05) is 27.3 Å².